The van der Waals surface area contributed by atoms with Crippen molar-refractivity contribution < 1.29 is 33.1 Å². The van der Waals surface area contributed by atoms with Crippen LogP contribution in [0.4, 0.5) is 0 Å². The Bertz CT molecular complexity index is 786. The number of phosphoric acid groups is 1. The van der Waals surface area contributed by atoms with Crippen molar-refractivity contribution in [2.24, 2.45) is 5.73 Å². The smallest absolute Gasteiger partial charge is 0.469 e. The highest BCUT2D eigenvalue weighted by molar-refractivity contribution is 7.46. The molecule has 2 aromatic rings. The maximum atomic E-state index is 11.2. The Hall–Kier alpha value is -1.74. The van der Waals surface area contributed by atoms with Gasteiger partial charge in [0.05, 0.1) is 25.4 Å². The zero-order chi connectivity index (χ0) is 17.7. The third-order valence-electron chi connectivity index (χ3n) is 3.21. The van der Waals surface area contributed by atoms with Gasteiger partial charge in [0.2, 0.25) is 0 Å². The van der Waals surface area contributed by atoms with Gasteiger partial charge < -0.3 is 29.8 Å². The SMILES string of the molecule is NC(COP(=O)(O)O)C(O)CCOc1ccc2ccc(=O)oc2c1. The van der Waals surface area contributed by atoms with Gasteiger partial charge in [-0.3, -0.25) is 4.52 Å². The van der Waals surface area contributed by atoms with Crippen LogP contribution in [0.15, 0.2) is 39.5 Å². The first-order valence-corrected chi connectivity index (χ1v) is 8.58. The fraction of sp³-hybridized carbons (Fsp3) is 0.357. The van der Waals surface area contributed by atoms with Gasteiger partial charge in [-0.15, -0.1) is 0 Å². The Morgan fingerprint density at radius 1 is 1.25 bits per heavy atom. The van der Waals surface area contributed by atoms with Gasteiger partial charge in [-0.25, -0.2) is 9.36 Å². The maximum absolute atomic E-state index is 11.2. The van der Waals surface area contributed by atoms with E-state index in [0.717, 1.165) is 5.39 Å². The fourth-order valence-corrected chi connectivity index (χ4v) is 2.30. The quantitative estimate of drug-likeness (QED) is 0.386. The average molecular weight is 359 g/mol. The molecule has 0 bridgehead atoms. The number of rotatable bonds is 8. The lowest BCUT2D eigenvalue weighted by molar-refractivity contribution is 0.0832. The molecular formula is C14H18NO8P. The van der Waals surface area contributed by atoms with Gasteiger partial charge in [0.15, 0.2) is 0 Å². The highest BCUT2D eigenvalue weighted by Crippen LogP contribution is 2.35. The number of hydrogen-bond donors (Lipinski definition) is 4. The number of nitrogens with two attached hydrogens (primary N) is 1. The van der Waals surface area contributed by atoms with Gasteiger partial charge in [-0.1, -0.05) is 0 Å². The molecule has 1 aromatic heterocycles. The number of phosphoric ester groups is 1. The molecule has 1 aromatic carbocycles. The number of aliphatic hydroxyl groups excluding tert-OH is 1. The molecule has 2 rings (SSSR count). The first-order valence-electron chi connectivity index (χ1n) is 7.05. The minimum absolute atomic E-state index is 0.105. The molecule has 0 aliphatic rings. The molecule has 9 nitrogen and oxygen atoms in total. The Morgan fingerprint density at radius 2 is 1.96 bits per heavy atom. The molecule has 132 valence electrons. The van der Waals surface area contributed by atoms with Crippen LogP contribution in [0.25, 0.3) is 11.0 Å². The van der Waals surface area contributed by atoms with Crippen LogP contribution in [0.2, 0.25) is 0 Å². The summed E-state index contributed by atoms with van der Waals surface area (Å²) in [5.41, 5.74) is 5.49. The van der Waals surface area contributed by atoms with E-state index in [1.54, 1.807) is 24.3 Å². The molecule has 0 spiro atoms. The second-order valence-corrected chi connectivity index (χ2v) is 6.35. The molecule has 0 aliphatic heterocycles. The molecule has 24 heavy (non-hydrogen) atoms. The number of hydrogen-bond acceptors (Lipinski definition) is 7. The predicted octanol–water partition coefficient (Wildman–Crippen LogP) is 0.359. The highest BCUT2D eigenvalue weighted by atomic mass is 31.2. The van der Waals surface area contributed by atoms with Gasteiger partial charge in [0.25, 0.3) is 0 Å². The van der Waals surface area contributed by atoms with E-state index < -0.39 is 32.2 Å². The number of aliphatic hydroxyl groups is 1. The number of fused-ring (bicyclic) bond motifs is 1. The van der Waals surface area contributed by atoms with Gasteiger partial charge in [-0.2, -0.15) is 0 Å². The number of ether oxygens (including phenoxy) is 1. The summed E-state index contributed by atoms with van der Waals surface area (Å²) in [6.07, 6.45) is -0.933. The molecule has 0 saturated carbocycles. The van der Waals surface area contributed by atoms with Crippen molar-refractivity contribution >= 4 is 18.8 Å². The van der Waals surface area contributed by atoms with Gasteiger partial charge >= 0.3 is 13.4 Å². The molecule has 0 saturated heterocycles. The standard InChI is InChI=1S/C14H18NO8P/c15-11(8-22-24(18,19)20)12(16)5-6-21-10-3-1-9-2-4-14(17)23-13(9)7-10/h1-4,7,11-12,16H,5-6,8,15H2,(H2,18,19,20). The topological polar surface area (TPSA) is 152 Å². The Morgan fingerprint density at radius 3 is 2.67 bits per heavy atom. The van der Waals surface area contributed by atoms with Crippen molar-refractivity contribution in [3.8, 4) is 5.75 Å². The average Bonchev–Trinajstić information content (AvgIpc) is 2.51. The summed E-state index contributed by atoms with van der Waals surface area (Å²) >= 11 is 0. The van der Waals surface area contributed by atoms with Crippen molar-refractivity contribution in [3.63, 3.8) is 0 Å². The summed E-state index contributed by atoms with van der Waals surface area (Å²) in [5.74, 6) is 0.448. The molecule has 5 N–H and O–H groups in total. The first-order chi connectivity index (χ1) is 11.2. The van der Waals surface area contributed by atoms with E-state index in [1.807, 2.05) is 0 Å². The van der Waals surface area contributed by atoms with Crippen LogP contribution < -0.4 is 16.1 Å². The molecule has 2 atom stereocenters. The zero-order valence-electron chi connectivity index (χ0n) is 12.6. The molecule has 2 unspecified atom stereocenters. The molecule has 0 amide bonds. The zero-order valence-corrected chi connectivity index (χ0v) is 13.5. The molecule has 0 radical (unpaired) electrons. The van der Waals surface area contributed by atoms with Crippen LogP contribution in [0.3, 0.4) is 0 Å². The van der Waals surface area contributed by atoms with Crippen molar-refractivity contribution in [2.45, 2.75) is 18.6 Å². The monoisotopic (exact) mass is 359 g/mol. The molecule has 10 heteroatoms. The van der Waals surface area contributed by atoms with Crippen LogP contribution in [0.1, 0.15) is 6.42 Å². The van der Waals surface area contributed by atoms with E-state index in [9.17, 15) is 14.5 Å². The van der Waals surface area contributed by atoms with E-state index in [4.69, 9.17) is 24.7 Å². The predicted molar refractivity (Wildman–Crippen MR) is 84.6 cm³/mol. The second-order valence-electron chi connectivity index (χ2n) is 5.11. The fourth-order valence-electron chi connectivity index (χ4n) is 1.94. The van der Waals surface area contributed by atoms with Crippen molar-refractivity contribution in [1.29, 1.82) is 0 Å². The summed E-state index contributed by atoms with van der Waals surface area (Å²) in [6.45, 7) is -0.375. The lowest BCUT2D eigenvalue weighted by Crippen LogP contribution is -2.39. The minimum Gasteiger partial charge on any atom is -0.493 e. The molecule has 0 fully saturated rings. The van der Waals surface area contributed by atoms with Crippen LogP contribution in [-0.4, -0.2) is 40.3 Å². The van der Waals surface area contributed by atoms with E-state index in [2.05, 4.69) is 4.52 Å². The van der Waals surface area contributed by atoms with E-state index in [0.29, 0.717) is 11.3 Å². The summed E-state index contributed by atoms with van der Waals surface area (Å²) in [7, 11) is -4.62. The lowest BCUT2D eigenvalue weighted by Gasteiger charge is -2.19. The van der Waals surface area contributed by atoms with Crippen molar-refractivity contribution in [3.05, 3.63) is 40.8 Å². The number of benzene rings is 1. The van der Waals surface area contributed by atoms with Crippen LogP contribution >= 0.6 is 7.82 Å². The molecular weight excluding hydrogens is 341 g/mol. The molecule has 0 aliphatic carbocycles. The van der Waals surface area contributed by atoms with Crippen LogP contribution in [0, 0.1) is 0 Å². The summed E-state index contributed by atoms with van der Waals surface area (Å²) in [5, 5.41) is 10.6. The van der Waals surface area contributed by atoms with E-state index >= 15 is 0 Å². The van der Waals surface area contributed by atoms with Gasteiger partial charge in [0.1, 0.15) is 11.3 Å². The Balaban J connectivity index is 1.85. The van der Waals surface area contributed by atoms with Crippen molar-refractivity contribution in [1.82, 2.24) is 0 Å². The largest absolute Gasteiger partial charge is 0.493 e. The van der Waals surface area contributed by atoms with Crippen molar-refractivity contribution in [2.75, 3.05) is 13.2 Å². The van der Waals surface area contributed by atoms with Crippen LogP contribution in [-0.2, 0) is 9.09 Å². The third kappa shape index (κ3) is 5.72. The first kappa shape index (κ1) is 18.6. The van der Waals surface area contributed by atoms with Gasteiger partial charge in [0, 0.05) is 23.9 Å². The third-order valence-corrected chi connectivity index (χ3v) is 3.69. The molecule has 1 heterocycles. The Labute approximate surface area is 136 Å². The summed E-state index contributed by atoms with van der Waals surface area (Å²) in [4.78, 5) is 28.3. The second kappa shape index (κ2) is 7.89. The maximum Gasteiger partial charge on any atom is 0.469 e. The van der Waals surface area contributed by atoms with Gasteiger partial charge in [-0.05, 0) is 18.2 Å². The van der Waals surface area contributed by atoms with Crippen LogP contribution in [0.5, 0.6) is 5.75 Å². The minimum atomic E-state index is -4.62. The normalized spacial score (nSPS) is 14.5. The van der Waals surface area contributed by atoms with E-state index in [1.165, 1.54) is 6.07 Å². The summed E-state index contributed by atoms with van der Waals surface area (Å²) in [6, 6.07) is 6.96. The Kier molecular flexibility index (Phi) is 6.11. The summed E-state index contributed by atoms with van der Waals surface area (Å²) < 4.78 is 25.3. The van der Waals surface area contributed by atoms with E-state index in [-0.39, 0.29) is 13.0 Å². The highest BCUT2D eigenvalue weighted by Gasteiger charge is 2.21. The lowest BCUT2D eigenvalue weighted by atomic mass is 10.1.